The first-order chi connectivity index (χ1) is 12.5. The van der Waals surface area contributed by atoms with Gasteiger partial charge in [-0.05, 0) is 103 Å². The van der Waals surface area contributed by atoms with E-state index in [0.717, 1.165) is 18.1 Å². The summed E-state index contributed by atoms with van der Waals surface area (Å²) in [5.41, 5.74) is 3.27. The van der Waals surface area contributed by atoms with Gasteiger partial charge < -0.3 is 9.53 Å². The van der Waals surface area contributed by atoms with E-state index in [-0.39, 0.29) is 16.6 Å². The molecular formula is C24H38O2Si. The Balaban J connectivity index is 1.58. The van der Waals surface area contributed by atoms with Gasteiger partial charge in [0.15, 0.2) is 0 Å². The molecule has 0 amide bonds. The van der Waals surface area contributed by atoms with Crippen molar-refractivity contribution in [1.82, 2.24) is 0 Å². The van der Waals surface area contributed by atoms with Crippen LogP contribution in [-0.2, 0) is 6.42 Å². The number of hydrogen-bond acceptors (Lipinski definition) is 2. The average molecular weight is 387 g/mol. The zero-order chi connectivity index (χ0) is 19.6. The molecule has 3 aliphatic carbocycles. The Hall–Kier alpha value is -0.803. The summed E-state index contributed by atoms with van der Waals surface area (Å²) < 4.78 is 6.57. The number of rotatable bonds is 2. The van der Waals surface area contributed by atoms with Gasteiger partial charge in [-0.3, -0.25) is 0 Å². The third-order valence-electron chi connectivity index (χ3n) is 8.83. The smallest absolute Gasteiger partial charge is 0.250 e. The highest BCUT2D eigenvalue weighted by Crippen LogP contribution is 2.61. The van der Waals surface area contributed by atoms with Gasteiger partial charge in [0, 0.05) is 0 Å². The van der Waals surface area contributed by atoms with E-state index in [1.807, 2.05) is 0 Å². The lowest BCUT2D eigenvalue weighted by molar-refractivity contribution is -0.0226. The van der Waals surface area contributed by atoms with E-state index < -0.39 is 8.32 Å². The lowest BCUT2D eigenvalue weighted by Gasteiger charge is -2.50. The first-order valence-electron chi connectivity index (χ1n) is 11.0. The monoisotopic (exact) mass is 386 g/mol. The average Bonchev–Trinajstić information content (AvgIpc) is 2.88. The van der Waals surface area contributed by atoms with E-state index >= 15 is 0 Å². The normalized spacial score (nSPS) is 36.0. The van der Waals surface area contributed by atoms with Gasteiger partial charge >= 0.3 is 0 Å². The van der Waals surface area contributed by atoms with Crippen molar-refractivity contribution in [2.75, 3.05) is 0 Å². The minimum atomic E-state index is -1.79. The molecule has 1 unspecified atom stereocenters. The molecule has 1 aromatic carbocycles. The molecule has 0 saturated heterocycles. The molecule has 150 valence electrons. The van der Waals surface area contributed by atoms with Crippen LogP contribution in [0.15, 0.2) is 18.2 Å². The highest BCUT2D eigenvalue weighted by Gasteiger charge is 2.54. The minimum Gasteiger partial charge on any atom is -0.543 e. The van der Waals surface area contributed by atoms with Crippen molar-refractivity contribution in [3.63, 3.8) is 0 Å². The first-order valence-corrected chi connectivity index (χ1v) is 13.9. The van der Waals surface area contributed by atoms with Crippen LogP contribution in [0.3, 0.4) is 0 Å². The summed E-state index contributed by atoms with van der Waals surface area (Å²) >= 11 is 0. The van der Waals surface area contributed by atoms with Crippen LogP contribution in [0.1, 0.15) is 76.8 Å². The Kier molecular flexibility index (Phi) is 4.59. The molecule has 0 aliphatic heterocycles. The largest absolute Gasteiger partial charge is 0.543 e. The molecule has 4 rings (SSSR count). The second-order valence-electron chi connectivity index (χ2n) is 11.3. The molecule has 27 heavy (non-hydrogen) atoms. The van der Waals surface area contributed by atoms with E-state index in [1.165, 1.54) is 37.7 Å². The quantitative estimate of drug-likeness (QED) is 0.605. The van der Waals surface area contributed by atoms with Crippen LogP contribution in [0.2, 0.25) is 18.1 Å². The van der Waals surface area contributed by atoms with E-state index in [0.29, 0.717) is 11.8 Å². The fourth-order valence-corrected chi connectivity index (χ4v) is 7.06. The molecule has 2 nitrogen and oxygen atoms in total. The van der Waals surface area contributed by atoms with Crippen molar-refractivity contribution < 1.29 is 9.53 Å². The second kappa shape index (κ2) is 6.35. The molecule has 0 bridgehead atoms. The molecule has 0 heterocycles. The third kappa shape index (κ3) is 3.09. The fourth-order valence-electron chi connectivity index (χ4n) is 6.04. The van der Waals surface area contributed by atoms with Gasteiger partial charge in [0.25, 0.3) is 0 Å². The predicted molar refractivity (Wildman–Crippen MR) is 115 cm³/mol. The van der Waals surface area contributed by atoms with E-state index in [2.05, 4.69) is 59.0 Å². The van der Waals surface area contributed by atoms with Crippen LogP contribution in [0.4, 0.5) is 0 Å². The van der Waals surface area contributed by atoms with Crippen molar-refractivity contribution in [3.05, 3.63) is 29.3 Å². The van der Waals surface area contributed by atoms with Crippen LogP contribution in [0.25, 0.3) is 0 Å². The number of aryl methyl sites for hydroxylation is 1. The predicted octanol–water partition coefficient (Wildman–Crippen LogP) is 6.29. The van der Waals surface area contributed by atoms with Crippen LogP contribution in [-0.4, -0.2) is 19.5 Å². The lowest BCUT2D eigenvalue weighted by atomic mass is 9.55. The molecule has 3 aliphatic rings. The van der Waals surface area contributed by atoms with Gasteiger partial charge in [-0.15, -0.1) is 0 Å². The highest BCUT2D eigenvalue weighted by molar-refractivity contribution is 6.74. The summed E-state index contributed by atoms with van der Waals surface area (Å²) in [6.07, 6.45) is 7.04. The van der Waals surface area contributed by atoms with Crippen molar-refractivity contribution in [2.24, 2.45) is 17.3 Å². The Morgan fingerprint density at radius 3 is 2.56 bits per heavy atom. The van der Waals surface area contributed by atoms with Gasteiger partial charge in [0.1, 0.15) is 5.75 Å². The van der Waals surface area contributed by atoms with E-state index in [9.17, 15) is 5.11 Å². The van der Waals surface area contributed by atoms with Gasteiger partial charge in [-0.2, -0.15) is 0 Å². The van der Waals surface area contributed by atoms with Crippen molar-refractivity contribution in [1.29, 1.82) is 0 Å². The van der Waals surface area contributed by atoms with Crippen molar-refractivity contribution >= 4 is 8.32 Å². The van der Waals surface area contributed by atoms with E-state index in [4.69, 9.17) is 4.43 Å². The maximum Gasteiger partial charge on any atom is 0.250 e. The Bertz CT molecular complexity index is 720. The fraction of sp³-hybridized carbons (Fsp3) is 0.750. The van der Waals surface area contributed by atoms with Crippen LogP contribution in [0, 0.1) is 17.3 Å². The zero-order valence-corrected chi connectivity index (χ0v) is 19.1. The summed E-state index contributed by atoms with van der Waals surface area (Å²) in [4.78, 5) is 0. The molecule has 0 aromatic heterocycles. The number of benzene rings is 1. The Morgan fingerprint density at radius 1 is 1.11 bits per heavy atom. The Morgan fingerprint density at radius 2 is 1.85 bits per heavy atom. The summed E-state index contributed by atoms with van der Waals surface area (Å²) in [6.45, 7) is 13.9. The first kappa shape index (κ1) is 19.5. The summed E-state index contributed by atoms with van der Waals surface area (Å²) in [6, 6.07) is 6.96. The van der Waals surface area contributed by atoms with Gasteiger partial charge in [-0.1, -0.05) is 33.8 Å². The molecule has 1 N–H and O–H groups in total. The zero-order valence-electron chi connectivity index (χ0n) is 18.1. The van der Waals surface area contributed by atoms with Crippen LogP contribution in [0.5, 0.6) is 5.75 Å². The number of hydrogen-bond donors (Lipinski definition) is 1. The highest BCUT2D eigenvalue weighted by atomic mass is 28.4. The second-order valence-corrected chi connectivity index (χ2v) is 16.0. The van der Waals surface area contributed by atoms with Crippen LogP contribution >= 0.6 is 0 Å². The summed E-state index contributed by atoms with van der Waals surface area (Å²) in [5, 5.41) is 10.8. The SMILES string of the molecule is CC(C)(C)[Si](C)(C)Oc1ccc2c(c1)CC[C@@H]1[C@@H]2CC[C@]2(C)C(O)CC[C@@H]12. The molecule has 5 atom stereocenters. The number of aliphatic hydroxyl groups excluding tert-OH is 1. The maximum absolute atomic E-state index is 10.6. The summed E-state index contributed by atoms with van der Waals surface area (Å²) in [7, 11) is -1.79. The lowest BCUT2D eigenvalue weighted by Crippen LogP contribution is -2.44. The molecule has 2 fully saturated rings. The molecular weight excluding hydrogens is 348 g/mol. The molecule has 1 aromatic rings. The van der Waals surface area contributed by atoms with Crippen molar-refractivity contribution in [3.8, 4) is 5.75 Å². The third-order valence-corrected chi connectivity index (χ3v) is 13.2. The standard InChI is InChI=1S/C24H38O2Si/c1-23(2,3)27(5,6)26-17-8-10-18-16(15-17)7-9-20-19(18)13-14-24(4)21(20)11-12-22(24)25/h8,10,15,19-22,25H,7,9,11-14H2,1-6H3/t19-,20-,21+,22?,24+/m1/s1. The molecule has 2 saturated carbocycles. The minimum absolute atomic E-state index is 0.0785. The summed E-state index contributed by atoms with van der Waals surface area (Å²) in [5.74, 6) is 3.25. The molecule has 0 radical (unpaired) electrons. The maximum atomic E-state index is 10.6. The number of fused-ring (bicyclic) bond motifs is 5. The topological polar surface area (TPSA) is 29.5 Å². The van der Waals surface area contributed by atoms with Crippen molar-refractivity contribution in [2.45, 2.75) is 96.4 Å². The van der Waals surface area contributed by atoms with Gasteiger partial charge in [0.2, 0.25) is 8.32 Å². The van der Waals surface area contributed by atoms with E-state index in [1.54, 1.807) is 5.56 Å². The Labute approximate surface area is 166 Å². The van der Waals surface area contributed by atoms with Gasteiger partial charge in [0.05, 0.1) is 6.10 Å². The van der Waals surface area contributed by atoms with Gasteiger partial charge in [-0.25, -0.2) is 0 Å². The number of aliphatic hydroxyl groups is 1. The molecule has 3 heteroatoms. The molecule has 0 spiro atoms. The van der Waals surface area contributed by atoms with Crippen LogP contribution < -0.4 is 4.43 Å².